The van der Waals surface area contributed by atoms with Gasteiger partial charge < -0.3 is 10.5 Å². The molecule has 1 aromatic heterocycles. The van der Waals surface area contributed by atoms with E-state index < -0.39 is 0 Å². The Balaban J connectivity index is 1.99. The molecule has 0 aliphatic heterocycles. The molecule has 0 saturated carbocycles. The molecule has 0 aliphatic carbocycles. The van der Waals surface area contributed by atoms with Crippen LogP contribution in [0.3, 0.4) is 0 Å². The lowest BCUT2D eigenvalue weighted by atomic mass is 10.3. The van der Waals surface area contributed by atoms with E-state index in [1.54, 1.807) is 24.4 Å². The Hall–Kier alpha value is -1.46. The summed E-state index contributed by atoms with van der Waals surface area (Å²) in [7, 11) is 0. The summed E-state index contributed by atoms with van der Waals surface area (Å²) in [5.74, 6) is -0.120. The molecule has 1 aromatic carbocycles. The van der Waals surface area contributed by atoms with E-state index in [2.05, 4.69) is 4.98 Å². The number of halogens is 1. The summed E-state index contributed by atoms with van der Waals surface area (Å²) in [6.45, 7) is 0.739. The number of nitrogens with two attached hydrogens (primary N) is 1. The summed E-state index contributed by atoms with van der Waals surface area (Å²) in [6, 6.07) is 6.30. The Morgan fingerprint density at radius 3 is 2.88 bits per heavy atom. The average Bonchev–Trinajstić information content (AvgIpc) is 2.76. The van der Waals surface area contributed by atoms with Crippen molar-refractivity contribution in [2.24, 2.45) is 5.73 Å². The van der Waals surface area contributed by atoms with E-state index in [1.807, 2.05) is 0 Å². The van der Waals surface area contributed by atoms with Crippen LogP contribution >= 0.6 is 11.3 Å². The highest BCUT2D eigenvalue weighted by atomic mass is 32.1. The molecule has 1 heterocycles. The van der Waals surface area contributed by atoms with Gasteiger partial charge in [-0.25, -0.2) is 9.37 Å². The third-order valence-electron chi connectivity index (χ3n) is 1.99. The summed E-state index contributed by atoms with van der Waals surface area (Å²) < 4.78 is 18.5. The molecular weight excluding hydrogens is 227 g/mol. The maximum Gasteiger partial charge on any atom is 0.165 e. The maximum atomic E-state index is 13.2. The normalized spacial score (nSPS) is 10.4. The highest BCUT2D eigenvalue weighted by Crippen LogP contribution is 2.19. The predicted octanol–water partition coefficient (Wildman–Crippen LogP) is 2.32. The zero-order valence-corrected chi connectivity index (χ0v) is 9.34. The van der Waals surface area contributed by atoms with Crippen molar-refractivity contribution in [1.82, 2.24) is 4.98 Å². The highest BCUT2D eigenvalue weighted by Gasteiger charge is 2.04. The average molecular weight is 238 g/mol. The van der Waals surface area contributed by atoms with Crippen LogP contribution < -0.4 is 10.5 Å². The molecule has 3 nitrogen and oxygen atoms in total. The van der Waals surface area contributed by atoms with E-state index in [0.29, 0.717) is 6.54 Å². The number of para-hydroxylation sites is 1. The smallest absolute Gasteiger partial charge is 0.165 e. The van der Waals surface area contributed by atoms with Gasteiger partial charge in [-0.15, -0.1) is 11.3 Å². The minimum Gasteiger partial charge on any atom is -0.483 e. The molecule has 0 amide bonds. The maximum absolute atomic E-state index is 13.2. The van der Waals surface area contributed by atoms with E-state index in [9.17, 15) is 4.39 Å². The second-order valence-corrected chi connectivity index (χ2v) is 4.34. The van der Waals surface area contributed by atoms with Crippen molar-refractivity contribution in [2.75, 3.05) is 0 Å². The van der Waals surface area contributed by atoms with Gasteiger partial charge in [0.2, 0.25) is 0 Å². The summed E-state index contributed by atoms with van der Waals surface area (Å²) in [5, 5.41) is 0.795. The monoisotopic (exact) mass is 238 g/mol. The van der Waals surface area contributed by atoms with Crippen LogP contribution in [-0.2, 0) is 13.2 Å². The minimum atomic E-state index is -0.363. The van der Waals surface area contributed by atoms with Gasteiger partial charge in [-0.3, -0.25) is 0 Å². The molecule has 5 heteroatoms. The fraction of sp³-hybridized carbons (Fsp3) is 0.182. The molecule has 0 unspecified atom stereocenters. The van der Waals surface area contributed by atoms with Gasteiger partial charge in [0.1, 0.15) is 11.6 Å². The van der Waals surface area contributed by atoms with Gasteiger partial charge in [0.25, 0.3) is 0 Å². The molecular formula is C11H11FN2OS. The SMILES string of the molecule is NCc1cnc(COc2ccccc2F)s1. The van der Waals surface area contributed by atoms with Crippen molar-refractivity contribution in [3.05, 3.63) is 46.2 Å². The Labute approximate surface area is 96.7 Å². The van der Waals surface area contributed by atoms with E-state index in [4.69, 9.17) is 10.5 Å². The fourth-order valence-electron chi connectivity index (χ4n) is 1.21. The number of thiazole rings is 1. The predicted molar refractivity (Wildman–Crippen MR) is 60.7 cm³/mol. The number of ether oxygens (including phenoxy) is 1. The van der Waals surface area contributed by atoms with Crippen molar-refractivity contribution in [3.8, 4) is 5.75 Å². The zero-order chi connectivity index (χ0) is 11.4. The van der Waals surface area contributed by atoms with Gasteiger partial charge in [-0.2, -0.15) is 0 Å². The van der Waals surface area contributed by atoms with E-state index in [0.717, 1.165) is 9.88 Å². The number of hydrogen-bond donors (Lipinski definition) is 1. The lowest BCUT2D eigenvalue weighted by Gasteiger charge is -2.04. The summed E-state index contributed by atoms with van der Waals surface area (Å²) in [4.78, 5) is 5.12. The molecule has 0 aliphatic rings. The van der Waals surface area contributed by atoms with Gasteiger partial charge in [0.15, 0.2) is 11.6 Å². The molecule has 0 fully saturated rings. The van der Waals surface area contributed by atoms with Gasteiger partial charge in [0.05, 0.1) is 0 Å². The second kappa shape index (κ2) is 5.05. The molecule has 2 rings (SSSR count). The lowest BCUT2D eigenvalue weighted by molar-refractivity contribution is 0.290. The Bertz CT molecular complexity index is 473. The van der Waals surface area contributed by atoms with Crippen molar-refractivity contribution in [2.45, 2.75) is 13.2 Å². The Kier molecular flexibility index (Phi) is 3.48. The van der Waals surface area contributed by atoms with Gasteiger partial charge in [-0.05, 0) is 12.1 Å². The standard InChI is InChI=1S/C11H11FN2OS/c12-9-3-1-2-4-10(9)15-7-11-14-6-8(5-13)16-11/h1-4,6H,5,7,13H2. The summed E-state index contributed by atoms with van der Waals surface area (Å²) >= 11 is 1.47. The molecule has 0 bridgehead atoms. The fourth-order valence-corrected chi connectivity index (χ4v) is 1.93. The van der Waals surface area contributed by atoms with Crippen molar-refractivity contribution < 1.29 is 9.13 Å². The Morgan fingerprint density at radius 1 is 1.38 bits per heavy atom. The first-order chi connectivity index (χ1) is 7.79. The minimum absolute atomic E-state index is 0.243. The molecule has 0 radical (unpaired) electrons. The van der Waals surface area contributed by atoms with Crippen LogP contribution in [0.4, 0.5) is 4.39 Å². The molecule has 0 saturated heterocycles. The van der Waals surface area contributed by atoms with Gasteiger partial charge in [-0.1, -0.05) is 12.1 Å². The number of hydrogen-bond acceptors (Lipinski definition) is 4. The van der Waals surface area contributed by atoms with Crippen LogP contribution in [0.25, 0.3) is 0 Å². The van der Waals surface area contributed by atoms with Crippen LogP contribution in [0.5, 0.6) is 5.75 Å². The van der Waals surface area contributed by atoms with Crippen LogP contribution in [0, 0.1) is 5.82 Å². The number of benzene rings is 1. The molecule has 84 valence electrons. The van der Waals surface area contributed by atoms with Crippen LogP contribution in [0.1, 0.15) is 9.88 Å². The molecule has 0 atom stereocenters. The number of aromatic nitrogens is 1. The number of rotatable bonds is 4. The Morgan fingerprint density at radius 2 is 2.19 bits per heavy atom. The lowest BCUT2D eigenvalue weighted by Crippen LogP contribution is -1.96. The molecule has 2 N–H and O–H groups in total. The third kappa shape index (κ3) is 2.56. The van der Waals surface area contributed by atoms with E-state index in [1.165, 1.54) is 17.4 Å². The van der Waals surface area contributed by atoms with E-state index >= 15 is 0 Å². The van der Waals surface area contributed by atoms with Crippen molar-refractivity contribution in [1.29, 1.82) is 0 Å². The first-order valence-corrected chi connectivity index (χ1v) is 5.62. The summed E-state index contributed by atoms with van der Waals surface area (Å²) in [5.41, 5.74) is 5.46. The van der Waals surface area contributed by atoms with Crippen LogP contribution in [0.15, 0.2) is 30.5 Å². The first kappa shape index (κ1) is 11.0. The van der Waals surface area contributed by atoms with E-state index in [-0.39, 0.29) is 18.2 Å². The third-order valence-corrected chi connectivity index (χ3v) is 2.98. The molecule has 16 heavy (non-hydrogen) atoms. The second-order valence-electron chi connectivity index (χ2n) is 3.14. The van der Waals surface area contributed by atoms with Crippen molar-refractivity contribution >= 4 is 11.3 Å². The van der Waals surface area contributed by atoms with Gasteiger partial charge >= 0.3 is 0 Å². The van der Waals surface area contributed by atoms with Crippen LogP contribution in [0.2, 0.25) is 0 Å². The van der Waals surface area contributed by atoms with Gasteiger partial charge in [0, 0.05) is 17.6 Å². The highest BCUT2D eigenvalue weighted by molar-refractivity contribution is 7.11. The summed E-state index contributed by atoms with van der Waals surface area (Å²) in [6.07, 6.45) is 1.71. The molecule has 2 aromatic rings. The van der Waals surface area contributed by atoms with Crippen LogP contribution in [-0.4, -0.2) is 4.98 Å². The largest absolute Gasteiger partial charge is 0.483 e. The quantitative estimate of drug-likeness (QED) is 0.889. The molecule has 0 spiro atoms. The zero-order valence-electron chi connectivity index (χ0n) is 8.52. The van der Waals surface area contributed by atoms with Crippen molar-refractivity contribution in [3.63, 3.8) is 0 Å². The topological polar surface area (TPSA) is 48.1 Å². The first-order valence-electron chi connectivity index (χ1n) is 4.80. The number of nitrogens with zero attached hydrogens (tertiary/aromatic N) is 1.